The van der Waals surface area contributed by atoms with Gasteiger partial charge in [-0.05, 0) is 101 Å². The fourth-order valence-electron chi connectivity index (χ4n) is 12.0. The van der Waals surface area contributed by atoms with Crippen molar-refractivity contribution in [2.45, 2.75) is 201 Å². The molecule has 2 aliphatic heterocycles. The number of Topliss-reactive ketones (excluding diaryl/α,β-unsaturated/α-hetero) is 1. The molecule has 0 aliphatic carbocycles. The predicted molar refractivity (Wildman–Crippen MR) is 396 cm³/mol. The number of urea groups is 1. The number of ether oxygens (including phenoxy) is 7. The quantitative estimate of drug-likeness (QED) is 0.0177. The highest BCUT2D eigenvalue weighted by molar-refractivity contribution is 6.13. The van der Waals surface area contributed by atoms with Crippen LogP contribution in [-0.4, -0.2) is 236 Å². The van der Waals surface area contributed by atoms with Crippen molar-refractivity contribution < 1.29 is 110 Å². The molecular weight excluding hydrogens is 1430 g/mol. The monoisotopic (exact) mass is 1540 g/mol. The summed E-state index contributed by atoms with van der Waals surface area (Å²) in [5.74, 6) is -15.6. The molecule has 2 aromatic rings. The Bertz CT molecular complexity index is 3630. The molecule has 2 heterocycles. The number of nitrogens with two attached hydrogens (primary N) is 1. The van der Waals surface area contributed by atoms with Gasteiger partial charge in [0.1, 0.15) is 60.4 Å². The number of ketones is 1. The van der Waals surface area contributed by atoms with E-state index in [1.807, 2.05) is 13.8 Å². The molecule has 0 saturated carbocycles. The Morgan fingerprint density at radius 2 is 1.35 bits per heavy atom. The average molecular weight is 1540 g/mol. The maximum Gasteiger partial charge on any atom is 0.508 e. The SMILES string of the molecule is C=C1C(=O)N[C@@H](C)C(=O)N(C)[C@@H](C)C(=O)N[C@@H]([C@H](OC(=O)[C@@H](CC(C)=O)[C@H](OC(=O)OCc2ccc(NC(=O)[C@H](CCCNC(N)=O)CC[C@@H](NC(=O)CCOCCN3C(=O)C=CC3=O)C(C)C)cc2)C(C)C)C(C)C)C(=O)N(C)[C@@H]([C@@H](C)OC)C(=O)O[C@H](C)[C@H](NC(C)=O)C(=O)O[C@H](Cc2ccccc2)C(=O)N1C. The third-order valence-electron chi connectivity index (χ3n) is 18.7. The average Bonchev–Trinajstić information content (AvgIpc) is 0.956. The number of primary amides is 1. The van der Waals surface area contributed by atoms with E-state index in [9.17, 15) is 71.9 Å². The van der Waals surface area contributed by atoms with Crippen molar-refractivity contribution >= 4 is 101 Å². The van der Waals surface area contributed by atoms with Gasteiger partial charge in [0.05, 0.1) is 25.9 Å². The number of hydrogen-bond acceptors (Lipinski definition) is 23. The Morgan fingerprint density at radius 3 is 1.92 bits per heavy atom. The molecule has 8 N–H and O–H groups in total. The molecule has 2 aromatic carbocycles. The van der Waals surface area contributed by atoms with Gasteiger partial charge in [-0.1, -0.05) is 90.6 Å². The fraction of sp³-hybridized carbons (Fsp3) is 0.579. The maximum absolute atomic E-state index is 15.5. The number of carbonyl (C=O) groups is 16. The lowest BCUT2D eigenvalue weighted by molar-refractivity contribution is -0.175. The molecule has 1 fully saturated rings. The molecule has 12 amide bonds. The van der Waals surface area contributed by atoms with Gasteiger partial charge in [-0.25, -0.2) is 19.2 Å². The van der Waals surface area contributed by atoms with Gasteiger partial charge < -0.3 is 85.5 Å². The second-order valence-corrected chi connectivity index (χ2v) is 28.3. The van der Waals surface area contributed by atoms with Crippen molar-refractivity contribution in [3.63, 3.8) is 0 Å². The van der Waals surface area contributed by atoms with Gasteiger partial charge in [0, 0.05) is 90.8 Å². The van der Waals surface area contributed by atoms with E-state index in [0.717, 1.165) is 33.6 Å². The Hall–Kier alpha value is -10.6. The van der Waals surface area contributed by atoms with E-state index < -0.39 is 186 Å². The third kappa shape index (κ3) is 28.1. The first-order valence-corrected chi connectivity index (χ1v) is 36.4. The number of carbonyl (C=O) groups excluding carboxylic acids is 16. The van der Waals surface area contributed by atoms with Crippen molar-refractivity contribution in [2.75, 3.05) is 59.9 Å². The van der Waals surface area contributed by atoms with Crippen LogP contribution in [-0.2, 0) is 113 Å². The minimum atomic E-state index is -1.99. The normalized spacial score (nSPS) is 21.1. The number of benzene rings is 2. The Balaban J connectivity index is 1.62. The van der Waals surface area contributed by atoms with Gasteiger partial charge in [-0.15, -0.1) is 0 Å². The summed E-state index contributed by atoms with van der Waals surface area (Å²) in [4.78, 5) is 222. The van der Waals surface area contributed by atoms with Crippen LogP contribution < -0.4 is 37.6 Å². The first kappa shape index (κ1) is 91.7. The molecule has 110 heavy (non-hydrogen) atoms. The lowest BCUT2D eigenvalue weighted by Gasteiger charge is -2.38. The Morgan fingerprint density at radius 1 is 0.709 bits per heavy atom. The van der Waals surface area contributed by atoms with E-state index >= 15 is 4.79 Å². The minimum Gasteiger partial charge on any atom is -0.459 e. The highest BCUT2D eigenvalue weighted by Crippen LogP contribution is 2.28. The zero-order chi connectivity index (χ0) is 82.5. The van der Waals surface area contributed by atoms with Crippen LogP contribution in [0.3, 0.4) is 0 Å². The number of hydrogen-bond donors (Lipinski definition) is 7. The number of nitrogens with one attached hydrogen (secondary N) is 6. The van der Waals surface area contributed by atoms with Crippen LogP contribution in [0.1, 0.15) is 133 Å². The van der Waals surface area contributed by atoms with Crippen LogP contribution in [0.15, 0.2) is 79.0 Å². The van der Waals surface area contributed by atoms with Gasteiger partial charge in [0.25, 0.3) is 23.6 Å². The topological polar surface area (TPSA) is 449 Å². The number of esters is 3. The van der Waals surface area contributed by atoms with E-state index in [0.29, 0.717) is 42.5 Å². The Kier molecular flexibility index (Phi) is 36.8. The summed E-state index contributed by atoms with van der Waals surface area (Å²) < 4.78 is 40.4. The van der Waals surface area contributed by atoms with Gasteiger partial charge in [-0.3, -0.25) is 62.4 Å². The Labute approximate surface area is 641 Å². The number of likely N-dealkylation sites (N-methyl/N-ethyl adjacent to an activating group) is 3. The number of amides is 12. The number of anilines is 1. The van der Waals surface area contributed by atoms with Gasteiger partial charge in [-0.2, -0.15) is 0 Å². The van der Waals surface area contributed by atoms with E-state index in [1.54, 1.807) is 68.4 Å². The first-order valence-electron chi connectivity index (χ1n) is 36.4. The van der Waals surface area contributed by atoms with E-state index in [2.05, 4.69) is 38.5 Å². The predicted octanol–water partition coefficient (Wildman–Crippen LogP) is 3.06. The van der Waals surface area contributed by atoms with Crippen molar-refractivity contribution in [1.29, 1.82) is 0 Å². The molecular formula is C76H109N11O23. The highest BCUT2D eigenvalue weighted by atomic mass is 16.7. The molecule has 1 saturated heterocycles. The van der Waals surface area contributed by atoms with E-state index in [-0.39, 0.29) is 62.9 Å². The number of rotatable bonds is 33. The van der Waals surface area contributed by atoms with Crippen LogP contribution in [0, 0.1) is 29.6 Å². The number of methoxy groups -OCH3 is 1. The summed E-state index contributed by atoms with van der Waals surface area (Å²) in [6.45, 7) is 21.1. The largest absolute Gasteiger partial charge is 0.508 e. The van der Waals surface area contributed by atoms with Crippen LogP contribution >= 0.6 is 0 Å². The standard InChI is InChI=1S/C76H109N11O23/c1-41(2)56(82-58(90)33-36-105-37-35-87-59(91)31-32-60(87)92)30-27-53(24-21-34-78-75(77)102)68(95)81-54-28-25-52(26-29-54)40-106-76(103)110-64(42(3)4)55(38-44(7)88)72(99)109-65(43(5)6)62-71(98)86(16)63(49(12)104-17)74(101)107-48(11)61(80-50(13)89)73(100)108-57(39-51-22-19-18-20-23-51)70(97)85(15)46(9)66(93)79-45(8)69(96)84(14)47(10)67(94)83-62/h18-20,22-23,25-26,28-29,31-32,41-43,45,47-49,53,55-57,61-65H,9,21,24,27,30,33-40H2,1-8,10-17H3,(H,79,93)(H,80,89)(H,81,95)(H,82,90)(H,83,94)(H3,77,78,102)/t45-,47-,48+,49+,53+,55-,56+,57+,61-,62-,63-,64+,65+/m0/s1. The minimum absolute atomic E-state index is 0.000739. The summed E-state index contributed by atoms with van der Waals surface area (Å²) in [6, 6.07) is 4.93. The second kappa shape index (κ2) is 44.1. The summed E-state index contributed by atoms with van der Waals surface area (Å²) in [7, 11) is 4.73. The zero-order valence-corrected chi connectivity index (χ0v) is 65.5. The molecule has 0 unspecified atom stereocenters. The van der Waals surface area contributed by atoms with Crippen LogP contribution in [0.2, 0.25) is 0 Å². The summed E-state index contributed by atoms with van der Waals surface area (Å²) >= 11 is 0. The molecule has 0 radical (unpaired) electrons. The third-order valence-corrected chi connectivity index (χ3v) is 18.7. The smallest absolute Gasteiger partial charge is 0.459 e. The number of cyclic esters (lactones) is 2. The highest BCUT2D eigenvalue weighted by Gasteiger charge is 2.47. The molecule has 606 valence electrons. The number of nitrogens with zero attached hydrogens (tertiary/aromatic N) is 4. The summed E-state index contributed by atoms with van der Waals surface area (Å²) in [6.07, 6.45) is -6.19. The van der Waals surface area contributed by atoms with Crippen molar-refractivity contribution in [3.8, 4) is 0 Å². The summed E-state index contributed by atoms with van der Waals surface area (Å²) in [5, 5.41) is 15.9. The van der Waals surface area contributed by atoms with Gasteiger partial charge in [0.2, 0.25) is 35.4 Å². The molecule has 0 bridgehead atoms. The second-order valence-electron chi connectivity index (χ2n) is 28.3. The number of imide groups is 1. The van der Waals surface area contributed by atoms with Crippen molar-refractivity contribution in [3.05, 3.63) is 90.2 Å². The lowest BCUT2D eigenvalue weighted by atomic mass is 9.88. The van der Waals surface area contributed by atoms with Crippen LogP contribution in [0.4, 0.5) is 15.3 Å². The lowest BCUT2D eigenvalue weighted by Crippen LogP contribution is -2.63. The van der Waals surface area contributed by atoms with Crippen molar-refractivity contribution in [1.82, 2.24) is 46.2 Å². The summed E-state index contributed by atoms with van der Waals surface area (Å²) in [5.41, 5.74) is 6.04. The van der Waals surface area contributed by atoms with Crippen molar-refractivity contribution in [2.24, 2.45) is 35.3 Å². The fourth-order valence-corrected chi connectivity index (χ4v) is 12.0. The van der Waals surface area contributed by atoms with Gasteiger partial charge in [0.15, 0.2) is 18.2 Å². The van der Waals surface area contributed by atoms with E-state index in [4.69, 9.17) is 38.9 Å². The first-order chi connectivity index (χ1) is 51.7. The zero-order valence-electron chi connectivity index (χ0n) is 65.5. The van der Waals surface area contributed by atoms with Crippen LogP contribution in [0.25, 0.3) is 0 Å². The molecule has 2 aliphatic rings. The molecule has 34 heteroatoms. The molecule has 0 aromatic heterocycles. The molecule has 0 spiro atoms. The molecule has 4 rings (SSSR count). The molecule has 34 nitrogen and oxygen atoms in total. The molecule has 13 atom stereocenters. The van der Waals surface area contributed by atoms with E-state index in [1.165, 1.54) is 81.8 Å². The maximum atomic E-state index is 15.5. The van der Waals surface area contributed by atoms with Gasteiger partial charge >= 0.3 is 30.1 Å². The van der Waals surface area contributed by atoms with Crippen LogP contribution in [0.5, 0.6) is 0 Å².